The van der Waals surface area contributed by atoms with Crippen LogP contribution in [0.2, 0.25) is 0 Å². The summed E-state index contributed by atoms with van der Waals surface area (Å²) in [5.74, 6) is -0.464. The van der Waals surface area contributed by atoms with E-state index in [9.17, 15) is 9.18 Å². The first-order chi connectivity index (χ1) is 10.7. The Hall–Kier alpha value is -2.82. The molecule has 0 N–H and O–H groups in total. The Kier molecular flexibility index (Phi) is 3.78. The second kappa shape index (κ2) is 5.89. The van der Waals surface area contributed by atoms with Crippen LogP contribution in [0, 0.1) is 5.82 Å². The minimum absolute atomic E-state index is 0.100. The molecule has 3 rings (SSSR count). The molecule has 4 nitrogen and oxygen atoms in total. The number of halogens is 1. The number of ether oxygens (including phenoxy) is 2. The van der Waals surface area contributed by atoms with Crippen molar-refractivity contribution in [1.29, 1.82) is 0 Å². The van der Waals surface area contributed by atoms with E-state index in [2.05, 4.69) is 0 Å². The first-order valence-corrected chi connectivity index (χ1v) is 6.65. The molecule has 0 atom stereocenters. The van der Waals surface area contributed by atoms with Crippen molar-refractivity contribution in [2.24, 2.45) is 0 Å². The van der Waals surface area contributed by atoms with Gasteiger partial charge in [0, 0.05) is 10.9 Å². The van der Waals surface area contributed by atoms with Crippen molar-refractivity contribution in [1.82, 2.24) is 0 Å². The van der Waals surface area contributed by atoms with E-state index in [1.165, 1.54) is 25.3 Å². The maximum Gasteiger partial charge on any atom is 0.374 e. The zero-order chi connectivity index (χ0) is 15.5. The Morgan fingerprint density at radius 2 is 2.00 bits per heavy atom. The highest BCUT2D eigenvalue weighted by atomic mass is 19.1. The van der Waals surface area contributed by atoms with Crippen LogP contribution in [0.3, 0.4) is 0 Å². The summed E-state index contributed by atoms with van der Waals surface area (Å²) in [6.07, 6.45) is 0. The van der Waals surface area contributed by atoms with Gasteiger partial charge in [0.05, 0.1) is 7.11 Å². The molecule has 5 heteroatoms. The van der Waals surface area contributed by atoms with Crippen LogP contribution in [0.1, 0.15) is 16.1 Å². The van der Waals surface area contributed by atoms with Gasteiger partial charge in [-0.2, -0.15) is 0 Å². The molecule has 0 fully saturated rings. The van der Waals surface area contributed by atoms with Crippen molar-refractivity contribution in [2.75, 3.05) is 7.11 Å². The van der Waals surface area contributed by atoms with Crippen molar-refractivity contribution in [2.45, 2.75) is 6.61 Å². The molecule has 0 aliphatic heterocycles. The van der Waals surface area contributed by atoms with E-state index in [-0.39, 0.29) is 12.4 Å². The Balaban J connectivity index is 1.76. The first-order valence-electron chi connectivity index (χ1n) is 6.65. The Morgan fingerprint density at radius 3 is 2.77 bits per heavy atom. The Labute approximate surface area is 126 Å². The van der Waals surface area contributed by atoms with Crippen LogP contribution in [0.4, 0.5) is 4.39 Å². The van der Waals surface area contributed by atoms with E-state index in [1.807, 2.05) is 18.2 Å². The van der Waals surface area contributed by atoms with Crippen LogP contribution in [0.5, 0.6) is 5.75 Å². The highest BCUT2D eigenvalue weighted by Gasteiger charge is 2.15. The minimum Gasteiger partial charge on any atom is -0.496 e. The lowest BCUT2D eigenvalue weighted by molar-refractivity contribution is 0.0436. The highest BCUT2D eigenvalue weighted by molar-refractivity contribution is 5.92. The standard InChI is InChI=1S/C17H13FO4/c1-20-14-7-6-13(18)8-12(14)10-21-17(19)16-9-11-4-2-3-5-15(11)22-16/h2-9H,10H2,1H3. The maximum atomic E-state index is 13.3. The minimum atomic E-state index is -0.609. The van der Waals surface area contributed by atoms with Gasteiger partial charge < -0.3 is 13.9 Å². The number of furan rings is 1. The third-order valence-electron chi connectivity index (χ3n) is 3.23. The van der Waals surface area contributed by atoms with Gasteiger partial charge in [-0.15, -0.1) is 0 Å². The summed E-state index contributed by atoms with van der Waals surface area (Å²) in [7, 11) is 1.47. The quantitative estimate of drug-likeness (QED) is 0.685. The molecule has 0 unspecified atom stereocenters. The molecule has 2 aromatic carbocycles. The summed E-state index contributed by atoms with van der Waals surface area (Å²) in [5.41, 5.74) is 1.06. The summed E-state index contributed by atoms with van der Waals surface area (Å²) in [6, 6.07) is 12.9. The molecular weight excluding hydrogens is 287 g/mol. The largest absolute Gasteiger partial charge is 0.496 e. The molecule has 3 aromatic rings. The molecule has 0 bridgehead atoms. The van der Waals surface area contributed by atoms with Crippen molar-refractivity contribution in [3.63, 3.8) is 0 Å². The first kappa shape index (κ1) is 14.1. The zero-order valence-corrected chi connectivity index (χ0v) is 11.8. The average molecular weight is 300 g/mol. The van der Waals surface area contributed by atoms with Gasteiger partial charge in [-0.1, -0.05) is 18.2 Å². The van der Waals surface area contributed by atoms with Gasteiger partial charge in [0.2, 0.25) is 5.76 Å². The molecule has 1 aromatic heterocycles. The molecular formula is C17H13FO4. The number of hydrogen-bond donors (Lipinski definition) is 0. The third kappa shape index (κ3) is 2.79. The normalized spacial score (nSPS) is 10.6. The van der Waals surface area contributed by atoms with Crippen molar-refractivity contribution >= 4 is 16.9 Å². The number of carbonyl (C=O) groups excluding carboxylic acids is 1. The third-order valence-corrected chi connectivity index (χ3v) is 3.23. The second-order valence-corrected chi connectivity index (χ2v) is 4.68. The van der Waals surface area contributed by atoms with Gasteiger partial charge in [0.15, 0.2) is 0 Å². The van der Waals surface area contributed by atoms with Gasteiger partial charge in [0.25, 0.3) is 0 Å². The highest BCUT2D eigenvalue weighted by Crippen LogP contribution is 2.22. The fraction of sp³-hybridized carbons (Fsp3) is 0.118. The van der Waals surface area contributed by atoms with E-state index >= 15 is 0 Å². The number of rotatable bonds is 4. The lowest BCUT2D eigenvalue weighted by Gasteiger charge is -2.08. The maximum absolute atomic E-state index is 13.3. The molecule has 22 heavy (non-hydrogen) atoms. The summed E-state index contributed by atoms with van der Waals surface area (Å²) >= 11 is 0. The number of fused-ring (bicyclic) bond motifs is 1. The summed E-state index contributed by atoms with van der Waals surface area (Å²) in [5, 5.41) is 0.817. The van der Waals surface area contributed by atoms with Crippen molar-refractivity contribution in [3.8, 4) is 5.75 Å². The monoisotopic (exact) mass is 300 g/mol. The predicted molar refractivity (Wildman–Crippen MR) is 78.3 cm³/mol. The molecule has 112 valence electrons. The van der Waals surface area contributed by atoms with Crippen LogP contribution < -0.4 is 4.74 Å². The topological polar surface area (TPSA) is 48.7 Å². The molecule has 0 saturated carbocycles. The lowest BCUT2D eigenvalue weighted by Crippen LogP contribution is -2.05. The second-order valence-electron chi connectivity index (χ2n) is 4.68. The van der Waals surface area contributed by atoms with Crippen LogP contribution in [-0.4, -0.2) is 13.1 Å². The summed E-state index contributed by atoms with van der Waals surface area (Å²) < 4.78 is 28.9. The van der Waals surface area contributed by atoms with Crippen LogP contribution in [-0.2, 0) is 11.3 Å². The lowest BCUT2D eigenvalue weighted by atomic mass is 10.2. The molecule has 0 aliphatic rings. The molecule has 0 aliphatic carbocycles. The SMILES string of the molecule is COc1ccc(F)cc1COC(=O)c1cc2ccccc2o1. The zero-order valence-electron chi connectivity index (χ0n) is 11.8. The molecule has 0 radical (unpaired) electrons. The van der Waals surface area contributed by atoms with Gasteiger partial charge in [0.1, 0.15) is 23.8 Å². The van der Waals surface area contributed by atoms with Crippen LogP contribution >= 0.6 is 0 Å². The van der Waals surface area contributed by atoms with E-state index in [0.29, 0.717) is 16.9 Å². The number of esters is 1. The summed E-state index contributed by atoms with van der Waals surface area (Å²) in [6.45, 7) is -0.100. The van der Waals surface area contributed by atoms with E-state index < -0.39 is 11.8 Å². The van der Waals surface area contributed by atoms with E-state index in [0.717, 1.165) is 5.39 Å². The fourth-order valence-electron chi connectivity index (χ4n) is 2.16. The smallest absolute Gasteiger partial charge is 0.374 e. The van der Waals surface area contributed by atoms with Gasteiger partial charge >= 0.3 is 5.97 Å². The molecule has 0 saturated heterocycles. The van der Waals surface area contributed by atoms with Gasteiger partial charge in [-0.25, -0.2) is 9.18 Å². The van der Waals surface area contributed by atoms with Crippen LogP contribution in [0.25, 0.3) is 11.0 Å². The Morgan fingerprint density at radius 1 is 1.18 bits per heavy atom. The summed E-state index contributed by atoms with van der Waals surface area (Å²) in [4.78, 5) is 12.0. The number of hydrogen-bond acceptors (Lipinski definition) is 4. The number of carbonyl (C=O) groups is 1. The van der Waals surface area contributed by atoms with Crippen molar-refractivity contribution in [3.05, 3.63) is 65.7 Å². The number of methoxy groups -OCH3 is 1. The average Bonchev–Trinajstić information content (AvgIpc) is 2.97. The molecule has 1 heterocycles. The number of para-hydroxylation sites is 1. The fourth-order valence-corrected chi connectivity index (χ4v) is 2.16. The predicted octanol–water partition coefficient (Wildman–Crippen LogP) is 3.94. The molecule has 0 amide bonds. The number of benzene rings is 2. The van der Waals surface area contributed by atoms with Crippen molar-refractivity contribution < 1.29 is 23.1 Å². The van der Waals surface area contributed by atoms with Gasteiger partial charge in [-0.05, 0) is 30.3 Å². The molecule has 0 spiro atoms. The Bertz CT molecular complexity index is 789. The van der Waals surface area contributed by atoms with E-state index in [1.54, 1.807) is 12.1 Å². The van der Waals surface area contributed by atoms with Crippen LogP contribution in [0.15, 0.2) is 52.9 Å². The van der Waals surface area contributed by atoms with Gasteiger partial charge in [-0.3, -0.25) is 0 Å². The van der Waals surface area contributed by atoms with E-state index in [4.69, 9.17) is 13.9 Å².